The predicted octanol–water partition coefficient (Wildman–Crippen LogP) is 4.98. The minimum atomic E-state index is -0.00978. The highest BCUT2D eigenvalue weighted by molar-refractivity contribution is 6.32. The second kappa shape index (κ2) is 11.3. The molecule has 0 unspecified atom stereocenters. The van der Waals surface area contributed by atoms with Crippen molar-refractivity contribution in [2.24, 2.45) is 11.8 Å². The lowest BCUT2D eigenvalue weighted by Crippen LogP contribution is -2.45. The Balaban J connectivity index is 1.47. The number of piperidine rings is 1. The van der Waals surface area contributed by atoms with Gasteiger partial charge in [0.15, 0.2) is 11.5 Å². The Morgan fingerprint density at radius 3 is 2.79 bits per heavy atom. The van der Waals surface area contributed by atoms with E-state index in [4.69, 9.17) is 26.8 Å². The smallest absolute Gasteiger partial charge is 0.227 e. The van der Waals surface area contributed by atoms with E-state index in [-0.39, 0.29) is 11.8 Å². The van der Waals surface area contributed by atoms with Crippen molar-refractivity contribution in [3.05, 3.63) is 52.5 Å². The quantitative estimate of drug-likeness (QED) is 0.560. The van der Waals surface area contributed by atoms with Crippen molar-refractivity contribution in [3.63, 3.8) is 0 Å². The summed E-state index contributed by atoms with van der Waals surface area (Å²) in [4.78, 5) is 18.1. The molecule has 1 atom stereocenters. The highest BCUT2D eigenvalue weighted by Gasteiger charge is 2.30. The summed E-state index contributed by atoms with van der Waals surface area (Å²) in [5, 5.41) is 0.539. The second-order valence-electron chi connectivity index (χ2n) is 9.89. The van der Waals surface area contributed by atoms with Crippen molar-refractivity contribution >= 4 is 23.2 Å². The normalized spacial score (nSPS) is 18.5. The van der Waals surface area contributed by atoms with Crippen molar-refractivity contribution < 1.29 is 14.3 Å². The first kappa shape index (κ1) is 24.7. The first-order chi connectivity index (χ1) is 16.4. The fourth-order valence-electron chi connectivity index (χ4n) is 4.88. The summed E-state index contributed by atoms with van der Waals surface area (Å²) in [6.45, 7) is 9.30. The maximum absolute atomic E-state index is 13.7. The molecule has 2 aliphatic heterocycles. The van der Waals surface area contributed by atoms with E-state index in [1.807, 2.05) is 35.2 Å². The lowest BCUT2D eigenvalue weighted by Gasteiger charge is -2.35. The topological polar surface area (TPSA) is 68.0 Å². The predicted molar refractivity (Wildman–Crippen MR) is 136 cm³/mol. The third kappa shape index (κ3) is 6.36. The number of anilines is 1. The van der Waals surface area contributed by atoms with Crippen LogP contribution in [0.1, 0.15) is 44.2 Å². The van der Waals surface area contributed by atoms with Gasteiger partial charge in [-0.25, -0.2) is 0 Å². The molecular formula is C27H36ClN3O3. The number of ether oxygens (including phenoxy) is 2. The summed E-state index contributed by atoms with van der Waals surface area (Å²) < 4.78 is 11.6. The van der Waals surface area contributed by atoms with Crippen molar-refractivity contribution in [1.29, 1.82) is 0 Å². The van der Waals surface area contributed by atoms with Gasteiger partial charge in [-0.05, 0) is 60.7 Å². The standard InChI is InChI=1S/C27H36ClN3O3/c1-19(2)15-31(17-21-13-24(28)26-25(14-21)33-10-5-11-34-26)27(32)22-7-4-9-30(18-22)16-20-6-3-8-23(29)12-20/h3,6,8,12-14,19,22H,4-5,7,9-11,15-18,29H2,1-2H3/t22-/m1/s1. The average Bonchev–Trinajstić information content (AvgIpc) is 3.04. The molecule has 0 bridgehead atoms. The lowest BCUT2D eigenvalue weighted by atomic mass is 9.95. The molecule has 0 saturated carbocycles. The van der Waals surface area contributed by atoms with Crippen LogP contribution in [0, 0.1) is 11.8 Å². The monoisotopic (exact) mass is 485 g/mol. The number of rotatable bonds is 7. The van der Waals surface area contributed by atoms with Crippen molar-refractivity contribution in [2.45, 2.75) is 46.2 Å². The van der Waals surface area contributed by atoms with E-state index in [9.17, 15) is 4.79 Å². The molecule has 4 rings (SSSR count). The van der Waals surface area contributed by atoms with Crippen LogP contribution in [0.2, 0.25) is 5.02 Å². The minimum absolute atomic E-state index is 0.00978. The van der Waals surface area contributed by atoms with Crippen LogP contribution in [-0.2, 0) is 17.9 Å². The molecule has 0 aromatic heterocycles. The Bertz CT molecular complexity index is 997. The van der Waals surface area contributed by atoms with Gasteiger partial charge in [-0.2, -0.15) is 0 Å². The SMILES string of the molecule is CC(C)CN(Cc1cc(Cl)c2c(c1)OCCCO2)C(=O)[C@@H]1CCCN(Cc2cccc(N)c2)C1. The summed E-state index contributed by atoms with van der Waals surface area (Å²) in [6, 6.07) is 11.9. The molecule has 6 nitrogen and oxygen atoms in total. The summed E-state index contributed by atoms with van der Waals surface area (Å²) in [5.74, 6) is 1.85. The Hall–Kier alpha value is -2.44. The maximum Gasteiger partial charge on any atom is 0.227 e. The molecule has 2 heterocycles. The van der Waals surface area contributed by atoms with Crippen LogP contribution in [-0.4, -0.2) is 48.6 Å². The number of carbonyl (C=O) groups is 1. The lowest BCUT2D eigenvalue weighted by molar-refractivity contribution is -0.138. The number of nitrogen functional groups attached to an aromatic ring is 1. The molecule has 0 aliphatic carbocycles. The highest BCUT2D eigenvalue weighted by atomic mass is 35.5. The van der Waals surface area contributed by atoms with Crippen LogP contribution in [0.3, 0.4) is 0 Å². The Labute approximate surface area is 208 Å². The van der Waals surface area contributed by atoms with Gasteiger partial charge >= 0.3 is 0 Å². The maximum atomic E-state index is 13.7. The molecular weight excluding hydrogens is 450 g/mol. The number of nitrogens with zero attached hydrogens (tertiary/aromatic N) is 2. The molecule has 2 aliphatic rings. The molecule has 1 amide bonds. The van der Waals surface area contributed by atoms with Crippen LogP contribution in [0.4, 0.5) is 5.69 Å². The molecule has 0 radical (unpaired) electrons. The molecule has 34 heavy (non-hydrogen) atoms. The van der Waals surface area contributed by atoms with Crippen LogP contribution in [0.25, 0.3) is 0 Å². The van der Waals surface area contributed by atoms with Crippen molar-refractivity contribution in [2.75, 3.05) is 38.6 Å². The van der Waals surface area contributed by atoms with Crippen LogP contribution < -0.4 is 15.2 Å². The van der Waals surface area contributed by atoms with Gasteiger partial charge in [0.05, 0.1) is 24.2 Å². The third-order valence-corrected chi connectivity index (χ3v) is 6.63. The first-order valence-corrected chi connectivity index (χ1v) is 12.7. The zero-order valence-electron chi connectivity index (χ0n) is 20.3. The van der Waals surface area contributed by atoms with Gasteiger partial charge in [0.1, 0.15) is 0 Å². The zero-order chi connectivity index (χ0) is 24.1. The fraction of sp³-hybridized carbons (Fsp3) is 0.519. The number of amides is 1. The van der Waals surface area contributed by atoms with E-state index >= 15 is 0 Å². The second-order valence-corrected chi connectivity index (χ2v) is 10.3. The molecule has 2 N–H and O–H groups in total. The minimum Gasteiger partial charge on any atom is -0.489 e. The summed E-state index contributed by atoms with van der Waals surface area (Å²) in [5.41, 5.74) is 8.89. The molecule has 2 aromatic rings. The molecule has 1 fully saturated rings. The first-order valence-electron chi connectivity index (χ1n) is 12.3. The highest BCUT2D eigenvalue weighted by Crippen LogP contribution is 2.38. The molecule has 184 valence electrons. The molecule has 1 saturated heterocycles. The third-order valence-electron chi connectivity index (χ3n) is 6.34. The average molecular weight is 486 g/mol. The van der Waals surface area contributed by atoms with Crippen LogP contribution in [0.15, 0.2) is 36.4 Å². The number of hydrogen-bond donors (Lipinski definition) is 1. The fourth-order valence-corrected chi connectivity index (χ4v) is 5.17. The molecule has 0 spiro atoms. The van der Waals surface area contributed by atoms with E-state index in [0.29, 0.717) is 48.7 Å². The van der Waals surface area contributed by atoms with E-state index in [1.165, 1.54) is 5.56 Å². The summed E-state index contributed by atoms with van der Waals surface area (Å²) >= 11 is 6.52. The summed E-state index contributed by atoms with van der Waals surface area (Å²) in [6.07, 6.45) is 2.76. The van der Waals surface area contributed by atoms with Gasteiger partial charge in [0.25, 0.3) is 0 Å². The van der Waals surface area contributed by atoms with E-state index in [2.05, 4.69) is 24.8 Å². The van der Waals surface area contributed by atoms with Crippen molar-refractivity contribution in [1.82, 2.24) is 9.80 Å². The number of fused-ring (bicyclic) bond motifs is 1. The number of hydrogen-bond acceptors (Lipinski definition) is 5. The van der Waals surface area contributed by atoms with Crippen LogP contribution >= 0.6 is 11.6 Å². The number of nitrogens with two attached hydrogens (primary N) is 1. The van der Waals surface area contributed by atoms with E-state index in [1.54, 1.807) is 0 Å². The Kier molecular flexibility index (Phi) is 8.22. The number of likely N-dealkylation sites (tertiary alicyclic amines) is 1. The Morgan fingerprint density at radius 2 is 2.00 bits per heavy atom. The van der Waals surface area contributed by atoms with Gasteiger partial charge in [0, 0.05) is 38.3 Å². The Morgan fingerprint density at radius 1 is 1.18 bits per heavy atom. The zero-order valence-corrected chi connectivity index (χ0v) is 21.0. The van der Waals surface area contributed by atoms with Gasteiger partial charge < -0.3 is 20.1 Å². The summed E-state index contributed by atoms with van der Waals surface area (Å²) in [7, 11) is 0. The molecule has 7 heteroatoms. The number of benzene rings is 2. The number of carbonyl (C=O) groups excluding carboxylic acids is 1. The molecule has 2 aromatic carbocycles. The van der Waals surface area contributed by atoms with Crippen LogP contribution in [0.5, 0.6) is 11.5 Å². The largest absolute Gasteiger partial charge is 0.489 e. The van der Waals surface area contributed by atoms with E-state index < -0.39 is 0 Å². The van der Waals surface area contributed by atoms with Gasteiger partial charge in [0.2, 0.25) is 5.91 Å². The van der Waals surface area contributed by atoms with Gasteiger partial charge in [-0.15, -0.1) is 0 Å². The van der Waals surface area contributed by atoms with Gasteiger partial charge in [-0.3, -0.25) is 9.69 Å². The number of halogens is 1. The van der Waals surface area contributed by atoms with E-state index in [0.717, 1.165) is 50.1 Å². The van der Waals surface area contributed by atoms with Gasteiger partial charge in [-0.1, -0.05) is 37.6 Å². The van der Waals surface area contributed by atoms with Crippen molar-refractivity contribution in [3.8, 4) is 11.5 Å².